The molecule has 2 rings (SSSR count). The molecule has 0 saturated carbocycles. The molecule has 1 N–H and O–H groups in total. The molecule has 1 aromatic heterocycles. The topological polar surface area (TPSA) is 50.4 Å². The van der Waals surface area contributed by atoms with Crippen LogP contribution in [0.1, 0.15) is 21.7 Å². The Labute approximate surface area is 105 Å². The largest absolute Gasteiger partial charge is 0.478 e. The van der Waals surface area contributed by atoms with Gasteiger partial charge in [-0.2, -0.15) is 0 Å². The molecule has 3 heteroatoms. The quantitative estimate of drug-likeness (QED) is 0.829. The van der Waals surface area contributed by atoms with Gasteiger partial charge in [-0.25, -0.2) is 4.79 Å². The highest BCUT2D eigenvalue weighted by Gasteiger charge is 1.99. The number of carboxylic acid groups (broad SMARTS) is 1. The fraction of sp³-hybridized carbons (Fsp3) is 0. The van der Waals surface area contributed by atoms with Crippen LogP contribution < -0.4 is 0 Å². The molecule has 0 radical (unpaired) electrons. The summed E-state index contributed by atoms with van der Waals surface area (Å²) in [6.45, 7) is 0. The average molecular weight is 240 g/mol. The van der Waals surface area contributed by atoms with Crippen LogP contribution in [0.3, 0.4) is 0 Å². The lowest BCUT2D eigenvalue weighted by molar-refractivity contribution is 0.0697. The Hall–Kier alpha value is -2.55. The van der Waals surface area contributed by atoms with Crippen molar-refractivity contribution in [2.75, 3.05) is 0 Å². The van der Waals surface area contributed by atoms with Gasteiger partial charge in [0.15, 0.2) is 0 Å². The first kappa shape index (κ1) is 11.9. The maximum Gasteiger partial charge on any atom is 0.335 e. The van der Waals surface area contributed by atoms with Gasteiger partial charge < -0.3 is 9.52 Å². The van der Waals surface area contributed by atoms with Crippen molar-refractivity contribution in [1.29, 1.82) is 0 Å². The second-order valence-corrected chi connectivity index (χ2v) is 3.66. The zero-order chi connectivity index (χ0) is 12.8. The molecule has 0 fully saturated rings. The van der Waals surface area contributed by atoms with E-state index in [1.165, 1.54) is 0 Å². The third-order valence-corrected chi connectivity index (χ3v) is 2.36. The van der Waals surface area contributed by atoms with Crippen LogP contribution in [0.25, 0.3) is 12.2 Å². The molecule has 0 saturated heterocycles. The second-order valence-electron chi connectivity index (χ2n) is 3.66. The number of rotatable bonds is 4. The highest BCUT2D eigenvalue weighted by atomic mass is 16.4. The molecule has 0 unspecified atom stereocenters. The van der Waals surface area contributed by atoms with Crippen molar-refractivity contribution in [2.24, 2.45) is 0 Å². The fourth-order valence-corrected chi connectivity index (χ4v) is 1.44. The highest BCUT2D eigenvalue weighted by molar-refractivity contribution is 5.87. The molecular formula is C15H12O3. The number of carbonyl (C=O) groups is 1. The van der Waals surface area contributed by atoms with Crippen LogP contribution >= 0.6 is 0 Å². The predicted octanol–water partition coefficient (Wildman–Crippen LogP) is 3.70. The summed E-state index contributed by atoms with van der Waals surface area (Å²) in [5.74, 6) is -0.121. The van der Waals surface area contributed by atoms with Gasteiger partial charge in [-0.15, -0.1) is 0 Å². The monoisotopic (exact) mass is 240 g/mol. The van der Waals surface area contributed by atoms with Crippen LogP contribution in [-0.2, 0) is 0 Å². The minimum Gasteiger partial charge on any atom is -0.478 e. The Bertz CT molecular complexity index is 560. The molecule has 0 aliphatic heterocycles. The van der Waals surface area contributed by atoms with E-state index in [2.05, 4.69) is 0 Å². The molecule has 0 bridgehead atoms. The van der Waals surface area contributed by atoms with E-state index in [1.54, 1.807) is 30.5 Å². The van der Waals surface area contributed by atoms with E-state index in [9.17, 15) is 4.79 Å². The maximum atomic E-state index is 10.7. The van der Waals surface area contributed by atoms with Gasteiger partial charge in [-0.3, -0.25) is 0 Å². The van der Waals surface area contributed by atoms with Gasteiger partial charge in [0.1, 0.15) is 5.76 Å². The van der Waals surface area contributed by atoms with E-state index in [-0.39, 0.29) is 0 Å². The van der Waals surface area contributed by atoms with Crippen LogP contribution in [0, 0.1) is 0 Å². The molecule has 0 atom stereocenters. The van der Waals surface area contributed by atoms with Crippen molar-refractivity contribution < 1.29 is 14.3 Å². The van der Waals surface area contributed by atoms with Gasteiger partial charge in [0.25, 0.3) is 0 Å². The van der Waals surface area contributed by atoms with Gasteiger partial charge in [-0.05, 0) is 35.9 Å². The minimum absolute atomic E-state index is 0.290. The average Bonchev–Trinajstić information content (AvgIpc) is 2.88. The molecule has 1 aromatic carbocycles. The first-order valence-corrected chi connectivity index (χ1v) is 5.47. The molecule has 90 valence electrons. The summed E-state index contributed by atoms with van der Waals surface area (Å²) in [4.78, 5) is 10.7. The summed E-state index contributed by atoms with van der Waals surface area (Å²) >= 11 is 0. The molecule has 2 aromatic rings. The summed E-state index contributed by atoms with van der Waals surface area (Å²) in [7, 11) is 0. The lowest BCUT2D eigenvalue weighted by Crippen LogP contribution is -1.94. The Morgan fingerprint density at radius 3 is 2.39 bits per heavy atom. The van der Waals surface area contributed by atoms with E-state index in [4.69, 9.17) is 9.52 Å². The third kappa shape index (κ3) is 3.22. The normalized spacial score (nSPS) is 11.3. The molecule has 0 amide bonds. The van der Waals surface area contributed by atoms with Crippen molar-refractivity contribution in [2.45, 2.75) is 0 Å². The lowest BCUT2D eigenvalue weighted by Gasteiger charge is -1.94. The van der Waals surface area contributed by atoms with Crippen molar-refractivity contribution >= 4 is 18.1 Å². The number of hydrogen-bond acceptors (Lipinski definition) is 2. The van der Waals surface area contributed by atoms with Crippen LogP contribution in [0.5, 0.6) is 0 Å². The number of aromatic carboxylic acids is 1. The van der Waals surface area contributed by atoms with E-state index in [0.717, 1.165) is 11.3 Å². The van der Waals surface area contributed by atoms with Gasteiger partial charge in [-0.1, -0.05) is 30.4 Å². The van der Waals surface area contributed by atoms with Crippen molar-refractivity contribution in [3.05, 3.63) is 71.7 Å². The standard InChI is InChI=1S/C15H12O3/c16-15(17)13-9-7-12(8-10-13)4-1-2-5-14-6-3-11-18-14/h1-11H,(H,16,17)/b4-1+,5-2+. The molecule has 1 heterocycles. The fourth-order valence-electron chi connectivity index (χ4n) is 1.44. The number of hydrogen-bond donors (Lipinski definition) is 1. The number of carboxylic acids is 1. The van der Waals surface area contributed by atoms with E-state index in [0.29, 0.717) is 5.56 Å². The van der Waals surface area contributed by atoms with Crippen LogP contribution in [0.4, 0.5) is 0 Å². The Morgan fingerprint density at radius 2 is 1.78 bits per heavy atom. The van der Waals surface area contributed by atoms with Crippen molar-refractivity contribution in [3.63, 3.8) is 0 Å². The molecule has 3 nitrogen and oxygen atoms in total. The Balaban J connectivity index is 1.99. The van der Waals surface area contributed by atoms with Crippen LogP contribution in [0.2, 0.25) is 0 Å². The molecule has 18 heavy (non-hydrogen) atoms. The minimum atomic E-state index is -0.914. The van der Waals surface area contributed by atoms with E-state index in [1.807, 2.05) is 36.4 Å². The third-order valence-electron chi connectivity index (χ3n) is 2.36. The molecule has 0 aliphatic rings. The Kier molecular flexibility index (Phi) is 3.76. The van der Waals surface area contributed by atoms with Gasteiger partial charge in [0.05, 0.1) is 11.8 Å². The van der Waals surface area contributed by atoms with Crippen molar-refractivity contribution in [1.82, 2.24) is 0 Å². The first-order valence-electron chi connectivity index (χ1n) is 5.47. The smallest absolute Gasteiger partial charge is 0.335 e. The number of allylic oxidation sites excluding steroid dienone is 2. The van der Waals surface area contributed by atoms with E-state index < -0.39 is 5.97 Å². The molecular weight excluding hydrogens is 228 g/mol. The van der Waals surface area contributed by atoms with Gasteiger partial charge >= 0.3 is 5.97 Å². The summed E-state index contributed by atoms with van der Waals surface area (Å²) in [5, 5.41) is 8.76. The summed E-state index contributed by atoms with van der Waals surface area (Å²) in [6, 6.07) is 10.4. The van der Waals surface area contributed by atoms with Crippen LogP contribution in [-0.4, -0.2) is 11.1 Å². The number of benzene rings is 1. The van der Waals surface area contributed by atoms with Gasteiger partial charge in [0, 0.05) is 0 Å². The zero-order valence-electron chi connectivity index (χ0n) is 9.61. The maximum absolute atomic E-state index is 10.7. The first-order chi connectivity index (χ1) is 8.75. The van der Waals surface area contributed by atoms with E-state index >= 15 is 0 Å². The van der Waals surface area contributed by atoms with Crippen LogP contribution in [0.15, 0.2) is 59.2 Å². The van der Waals surface area contributed by atoms with Gasteiger partial charge in [0.2, 0.25) is 0 Å². The van der Waals surface area contributed by atoms with Crippen molar-refractivity contribution in [3.8, 4) is 0 Å². The molecule has 0 spiro atoms. The summed E-state index contributed by atoms with van der Waals surface area (Å²) < 4.78 is 5.14. The zero-order valence-corrected chi connectivity index (χ0v) is 9.61. The number of furan rings is 1. The summed E-state index contributed by atoms with van der Waals surface area (Å²) in [6.07, 6.45) is 9.10. The highest BCUT2D eigenvalue weighted by Crippen LogP contribution is 2.07. The second kappa shape index (κ2) is 5.68. The lowest BCUT2D eigenvalue weighted by atomic mass is 10.1. The molecule has 0 aliphatic carbocycles. The predicted molar refractivity (Wildman–Crippen MR) is 70.2 cm³/mol. The Morgan fingerprint density at radius 1 is 1.06 bits per heavy atom. The summed E-state index contributed by atoms with van der Waals surface area (Å²) in [5.41, 5.74) is 1.24. The SMILES string of the molecule is O=C(O)c1ccc(/C=C/C=C/c2ccco2)cc1.